The summed E-state index contributed by atoms with van der Waals surface area (Å²) in [4.78, 5) is 19.2. The third kappa shape index (κ3) is 3.38. The van der Waals surface area contributed by atoms with Gasteiger partial charge in [-0.05, 0) is 32.2 Å². The summed E-state index contributed by atoms with van der Waals surface area (Å²) in [5.74, 6) is 0.485. The Kier molecular flexibility index (Phi) is 5.41. The average molecular weight is 359 g/mol. The first-order chi connectivity index (χ1) is 12.5. The van der Waals surface area contributed by atoms with Gasteiger partial charge in [0.15, 0.2) is 0 Å². The van der Waals surface area contributed by atoms with Crippen molar-refractivity contribution in [1.29, 1.82) is 0 Å². The molecule has 0 radical (unpaired) electrons. The van der Waals surface area contributed by atoms with Crippen LogP contribution in [0.2, 0.25) is 0 Å². The molecule has 1 aromatic carbocycles. The van der Waals surface area contributed by atoms with Crippen molar-refractivity contribution in [2.24, 2.45) is 0 Å². The number of carbonyl (C=O) groups excluding carboxylic acids is 1. The lowest BCUT2D eigenvalue weighted by molar-refractivity contribution is -0.105. The molecule has 0 saturated carbocycles. The fraction of sp³-hybridized carbons (Fsp3) is 0.474. The van der Waals surface area contributed by atoms with E-state index in [1.165, 1.54) is 0 Å². The van der Waals surface area contributed by atoms with Gasteiger partial charge in [0.05, 0.1) is 43.5 Å². The van der Waals surface area contributed by atoms with Crippen molar-refractivity contribution in [2.75, 3.05) is 40.5 Å². The molecule has 7 heteroatoms. The minimum absolute atomic E-state index is 0.0948. The number of nitrogens with zero attached hydrogens (tertiary/aromatic N) is 2. The number of rotatable bonds is 5. The Bertz CT molecular complexity index is 797. The minimum atomic E-state index is -0.626. The summed E-state index contributed by atoms with van der Waals surface area (Å²) in [5.41, 5.74) is 0.609. The Labute approximate surface area is 152 Å². The second-order valence-corrected chi connectivity index (χ2v) is 6.78. The summed E-state index contributed by atoms with van der Waals surface area (Å²) >= 11 is 0. The van der Waals surface area contributed by atoms with Gasteiger partial charge in [0.25, 0.3) is 5.91 Å². The molecular formula is C19H25N3O4. The maximum atomic E-state index is 12.8. The second-order valence-electron chi connectivity index (χ2n) is 6.78. The van der Waals surface area contributed by atoms with E-state index in [-0.39, 0.29) is 18.6 Å². The van der Waals surface area contributed by atoms with Crippen LogP contribution in [0.15, 0.2) is 30.5 Å². The summed E-state index contributed by atoms with van der Waals surface area (Å²) in [6.45, 7) is 3.22. The molecule has 2 atom stereocenters. The van der Waals surface area contributed by atoms with Crippen LogP contribution in [-0.4, -0.2) is 73.0 Å². The molecule has 0 spiro atoms. The number of morpholine rings is 1. The second kappa shape index (κ2) is 7.57. The SMILES string of the molecule is COc1ccc2c(C(=O)NC[C@]3(CO)COC[C@@H](C)N3C)ccnc2c1. The van der Waals surface area contributed by atoms with Crippen LogP contribution in [-0.2, 0) is 4.74 Å². The monoisotopic (exact) mass is 359 g/mol. The zero-order valence-corrected chi connectivity index (χ0v) is 15.4. The zero-order chi connectivity index (χ0) is 18.7. The third-order valence-corrected chi connectivity index (χ3v) is 5.21. The number of nitrogens with one attached hydrogen (secondary N) is 1. The molecule has 1 amide bonds. The number of fused-ring (bicyclic) bond motifs is 1. The van der Waals surface area contributed by atoms with Crippen LogP contribution in [0.5, 0.6) is 5.75 Å². The van der Waals surface area contributed by atoms with E-state index in [0.29, 0.717) is 36.6 Å². The molecule has 2 aromatic rings. The van der Waals surface area contributed by atoms with E-state index in [9.17, 15) is 9.90 Å². The lowest BCUT2D eigenvalue weighted by Crippen LogP contribution is -2.65. The Hall–Kier alpha value is -2.22. The van der Waals surface area contributed by atoms with Gasteiger partial charge in [0.1, 0.15) is 5.75 Å². The maximum absolute atomic E-state index is 12.8. The number of aromatic nitrogens is 1. The molecule has 2 heterocycles. The van der Waals surface area contributed by atoms with Gasteiger partial charge < -0.3 is 19.9 Å². The minimum Gasteiger partial charge on any atom is -0.497 e. The van der Waals surface area contributed by atoms with Crippen LogP contribution in [0.25, 0.3) is 10.9 Å². The number of hydrogen-bond donors (Lipinski definition) is 2. The highest BCUT2D eigenvalue weighted by Gasteiger charge is 2.40. The first kappa shape index (κ1) is 18.6. The van der Waals surface area contributed by atoms with Crippen molar-refractivity contribution in [3.05, 3.63) is 36.0 Å². The molecule has 26 heavy (non-hydrogen) atoms. The molecule has 2 N–H and O–H groups in total. The molecule has 1 aliphatic rings. The molecule has 0 aliphatic carbocycles. The molecule has 140 valence electrons. The van der Waals surface area contributed by atoms with E-state index in [1.54, 1.807) is 31.5 Å². The largest absolute Gasteiger partial charge is 0.497 e. The highest BCUT2D eigenvalue weighted by atomic mass is 16.5. The van der Waals surface area contributed by atoms with E-state index in [1.807, 2.05) is 20.0 Å². The fourth-order valence-electron chi connectivity index (χ4n) is 3.28. The van der Waals surface area contributed by atoms with Gasteiger partial charge in [-0.25, -0.2) is 0 Å². The number of carbonyl (C=O) groups is 1. The summed E-state index contributed by atoms with van der Waals surface area (Å²) < 4.78 is 10.8. The number of aliphatic hydroxyl groups excluding tert-OH is 1. The van der Waals surface area contributed by atoms with E-state index < -0.39 is 5.54 Å². The number of likely N-dealkylation sites (N-methyl/N-ethyl adjacent to an activating group) is 1. The number of ether oxygens (including phenoxy) is 2. The zero-order valence-electron chi connectivity index (χ0n) is 15.4. The maximum Gasteiger partial charge on any atom is 0.252 e. The molecule has 1 aromatic heterocycles. The van der Waals surface area contributed by atoms with Crippen molar-refractivity contribution < 1.29 is 19.4 Å². The van der Waals surface area contributed by atoms with Crippen LogP contribution in [0.4, 0.5) is 0 Å². The summed E-state index contributed by atoms with van der Waals surface area (Å²) in [5, 5.41) is 13.7. The van der Waals surface area contributed by atoms with Crippen LogP contribution in [0.3, 0.4) is 0 Å². The highest BCUT2D eigenvalue weighted by molar-refractivity contribution is 6.06. The van der Waals surface area contributed by atoms with Gasteiger partial charge in [-0.1, -0.05) is 0 Å². The van der Waals surface area contributed by atoms with Crippen molar-refractivity contribution in [3.8, 4) is 5.75 Å². The van der Waals surface area contributed by atoms with E-state index in [4.69, 9.17) is 9.47 Å². The quantitative estimate of drug-likeness (QED) is 0.830. The predicted molar refractivity (Wildman–Crippen MR) is 98.5 cm³/mol. The van der Waals surface area contributed by atoms with Crippen LogP contribution < -0.4 is 10.1 Å². The Morgan fingerprint density at radius 3 is 3.04 bits per heavy atom. The number of methoxy groups -OCH3 is 1. The lowest BCUT2D eigenvalue weighted by Gasteiger charge is -2.47. The molecule has 0 unspecified atom stereocenters. The Morgan fingerprint density at radius 1 is 1.50 bits per heavy atom. The number of aliphatic hydroxyl groups is 1. The highest BCUT2D eigenvalue weighted by Crippen LogP contribution is 2.24. The molecular weight excluding hydrogens is 334 g/mol. The summed E-state index contributed by atoms with van der Waals surface area (Å²) in [6.07, 6.45) is 1.61. The lowest BCUT2D eigenvalue weighted by atomic mass is 9.95. The molecule has 7 nitrogen and oxygen atoms in total. The Morgan fingerprint density at radius 2 is 2.31 bits per heavy atom. The van der Waals surface area contributed by atoms with Crippen molar-refractivity contribution in [2.45, 2.75) is 18.5 Å². The van der Waals surface area contributed by atoms with Crippen molar-refractivity contribution >= 4 is 16.8 Å². The van der Waals surface area contributed by atoms with Crippen LogP contribution in [0.1, 0.15) is 17.3 Å². The summed E-state index contributed by atoms with van der Waals surface area (Å²) in [6, 6.07) is 7.30. The average Bonchev–Trinajstić information content (AvgIpc) is 2.68. The molecule has 0 bridgehead atoms. The molecule has 1 fully saturated rings. The predicted octanol–water partition coefficient (Wildman–Crippen LogP) is 1.05. The fourth-order valence-corrected chi connectivity index (χ4v) is 3.28. The standard InChI is InChI=1S/C19H25N3O4/c1-13-9-26-12-19(11-23,22(13)2)10-21-18(24)16-6-7-20-17-8-14(25-3)4-5-15(16)17/h4-8,13,23H,9-12H2,1-3H3,(H,21,24)/t13-,19+/m1/s1. The van der Waals surface area contributed by atoms with E-state index in [2.05, 4.69) is 15.2 Å². The van der Waals surface area contributed by atoms with E-state index >= 15 is 0 Å². The number of pyridine rings is 1. The van der Waals surface area contributed by atoms with Gasteiger partial charge in [0.2, 0.25) is 0 Å². The van der Waals surface area contributed by atoms with Gasteiger partial charge in [-0.2, -0.15) is 0 Å². The summed E-state index contributed by atoms with van der Waals surface area (Å²) in [7, 11) is 3.54. The smallest absolute Gasteiger partial charge is 0.252 e. The topological polar surface area (TPSA) is 83.9 Å². The van der Waals surface area contributed by atoms with Gasteiger partial charge in [-0.3, -0.25) is 14.7 Å². The van der Waals surface area contributed by atoms with Crippen molar-refractivity contribution in [3.63, 3.8) is 0 Å². The normalized spacial score (nSPS) is 23.8. The first-order valence-electron chi connectivity index (χ1n) is 8.63. The first-order valence-corrected chi connectivity index (χ1v) is 8.63. The molecule has 1 aliphatic heterocycles. The third-order valence-electron chi connectivity index (χ3n) is 5.21. The van der Waals surface area contributed by atoms with Gasteiger partial charge >= 0.3 is 0 Å². The van der Waals surface area contributed by atoms with E-state index in [0.717, 1.165) is 5.39 Å². The number of hydrogen-bond acceptors (Lipinski definition) is 6. The van der Waals surface area contributed by atoms with Gasteiger partial charge in [0, 0.05) is 30.2 Å². The van der Waals surface area contributed by atoms with Crippen molar-refractivity contribution in [1.82, 2.24) is 15.2 Å². The molecule has 1 saturated heterocycles. The van der Waals surface area contributed by atoms with Crippen LogP contribution >= 0.6 is 0 Å². The molecule has 3 rings (SSSR count). The Balaban J connectivity index is 1.81. The van der Waals surface area contributed by atoms with Crippen LogP contribution in [0, 0.1) is 0 Å². The van der Waals surface area contributed by atoms with Gasteiger partial charge in [-0.15, -0.1) is 0 Å². The number of amides is 1. The number of benzene rings is 1.